The van der Waals surface area contributed by atoms with Gasteiger partial charge >= 0.3 is 0 Å². The molecule has 3 aromatic carbocycles. The van der Waals surface area contributed by atoms with Gasteiger partial charge in [0.05, 0.1) is 43.0 Å². The van der Waals surface area contributed by atoms with Crippen LogP contribution in [0.5, 0.6) is 5.75 Å². The van der Waals surface area contributed by atoms with Crippen LogP contribution >= 0.6 is 0 Å². The molecule has 0 radical (unpaired) electrons. The average molecular weight is 562 g/mol. The third-order valence-electron chi connectivity index (χ3n) is 7.39. The van der Waals surface area contributed by atoms with Crippen molar-refractivity contribution >= 4 is 5.71 Å². The molecule has 6 rings (SSSR count). The van der Waals surface area contributed by atoms with E-state index in [1.807, 2.05) is 37.3 Å². The summed E-state index contributed by atoms with van der Waals surface area (Å²) < 4.78 is 8.52. The molecule has 1 aliphatic rings. The maximum Gasteiger partial charge on any atom is 0.267 e. The van der Waals surface area contributed by atoms with Crippen molar-refractivity contribution in [1.82, 2.24) is 29.7 Å². The molecule has 0 amide bonds. The highest BCUT2D eigenvalue weighted by Crippen LogP contribution is 2.20. The zero-order valence-corrected chi connectivity index (χ0v) is 23.3. The number of phenolic OH excluding ortho intramolecular Hbond substituents is 1. The molecule has 0 atom stereocenters. The van der Waals surface area contributed by atoms with E-state index in [1.165, 1.54) is 16.3 Å². The number of phenols is 1. The van der Waals surface area contributed by atoms with Crippen LogP contribution in [0.25, 0.3) is 16.9 Å². The van der Waals surface area contributed by atoms with Crippen LogP contribution in [0.2, 0.25) is 0 Å². The lowest BCUT2D eigenvalue weighted by Gasteiger charge is -2.26. The number of ether oxygens (including phenoxy) is 1. The number of aromatic nitrogens is 5. The summed E-state index contributed by atoms with van der Waals surface area (Å²) in [5.74, 6) is 0.166. The summed E-state index contributed by atoms with van der Waals surface area (Å²) in [5.41, 5.74) is 6.46. The number of nitrogens with zero attached hydrogens (tertiary/aromatic N) is 6. The molecule has 0 aliphatic carbocycles. The molecule has 2 N–H and O–H groups in total. The van der Waals surface area contributed by atoms with Crippen molar-refractivity contribution in [2.24, 2.45) is 0 Å². The molecule has 10 heteroatoms. The van der Waals surface area contributed by atoms with E-state index in [1.54, 1.807) is 41.2 Å². The molecule has 1 aliphatic heterocycles. The second-order valence-corrected chi connectivity index (χ2v) is 10.4. The maximum absolute atomic E-state index is 12.6. The van der Waals surface area contributed by atoms with Gasteiger partial charge in [0.2, 0.25) is 0 Å². The second kappa shape index (κ2) is 11.9. The largest absolute Gasteiger partial charge is 0.508 e. The van der Waals surface area contributed by atoms with Crippen LogP contribution in [-0.4, -0.2) is 66.8 Å². The van der Waals surface area contributed by atoms with Crippen molar-refractivity contribution in [3.8, 4) is 22.7 Å². The molecular formula is C32H31N7O3. The monoisotopic (exact) mass is 561 g/mol. The zero-order chi connectivity index (χ0) is 29.1. The average Bonchev–Trinajstić information content (AvgIpc) is 3.51. The highest BCUT2D eigenvalue weighted by molar-refractivity contribution is 6.10. The first-order valence-electron chi connectivity index (χ1n) is 13.8. The lowest BCUT2D eigenvalue weighted by Crippen LogP contribution is -2.35. The molecule has 42 heavy (non-hydrogen) atoms. The number of morpholine rings is 1. The summed E-state index contributed by atoms with van der Waals surface area (Å²) >= 11 is 0. The summed E-state index contributed by atoms with van der Waals surface area (Å²) in [5, 5.41) is 31.6. The Bertz CT molecular complexity index is 1770. The number of aromatic hydroxyl groups is 1. The van der Waals surface area contributed by atoms with E-state index in [0.717, 1.165) is 55.2 Å². The fourth-order valence-electron chi connectivity index (χ4n) is 4.97. The molecule has 3 heterocycles. The summed E-state index contributed by atoms with van der Waals surface area (Å²) in [4.78, 5) is 15.0. The van der Waals surface area contributed by atoms with Gasteiger partial charge in [0.15, 0.2) is 0 Å². The Morgan fingerprint density at radius 2 is 1.67 bits per heavy atom. The van der Waals surface area contributed by atoms with Crippen LogP contribution in [0.15, 0.2) is 89.9 Å². The minimum absolute atomic E-state index is 0.166. The third kappa shape index (κ3) is 6.04. The van der Waals surface area contributed by atoms with Crippen LogP contribution < -0.4 is 5.56 Å². The van der Waals surface area contributed by atoms with Crippen LogP contribution in [0.3, 0.4) is 0 Å². The lowest BCUT2D eigenvalue weighted by molar-refractivity contribution is 0.0342. The van der Waals surface area contributed by atoms with Crippen molar-refractivity contribution in [2.45, 2.75) is 20.0 Å². The molecule has 0 bridgehead atoms. The SMILES string of the molecule is Cc1ccc(Cn2nc(-c3ccc(O)cc3)ccc2=O)cc1C(=N)c1cn(-c2ccc(CN3CCOCC3)cc2)nn1. The molecule has 1 fully saturated rings. The van der Waals surface area contributed by atoms with Crippen molar-refractivity contribution in [3.63, 3.8) is 0 Å². The number of hydrogen-bond donors (Lipinski definition) is 2. The molecule has 10 nitrogen and oxygen atoms in total. The normalized spacial score (nSPS) is 13.7. The molecule has 0 unspecified atom stereocenters. The van der Waals surface area contributed by atoms with Crippen molar-refractivity contribution in [1.29, 1.82) is 5.41 Å². The van der Waals surface area contributed by atoms with Crippen LogP contribution in [0, 0.1) is 12.3 Å². The van der Waals surface area contributed by atoms with Crippen LogP contribution in [0.1, 0.15) is 27.9 Å². The quantitative estimate of drug-likeness (QED) is 0.276. The van der Waals surface area contributed by atoms with Gasteiger partial charge in [0.25, 0.3) is 5.56 Å². The number of benzene rings is 3. The van der Waals surface area contributed by atoms with E-state index in [9.17, 15) is 9.90 Å². The van der Waals surface area contributed by atoms with Crippen LogP contribution in [-0.2, 0) is 17.8 Å². The molecule has 2 aromatic heterocycles. The zero-order valence-electron chi connectivity index (χ0n) is 23.3. The molecule has 0 spiro atoms. The van der Waals surface area contributed by atoms with Gasteiger partial charge in [-0.25, -0.2) is 9.36 Å². The van der Waals surface area contributed by atoms with E-state index in [0.29, 0.717) is 17.0 Å². The fourth-order valence-corrected chi connectivity index (χ4v) is 4.97. The Kier molecular flexibility index (Phi) is 7.72. The number of rotatable bonds is 8. The van der Waals surface area contributed by atoms with E-state index >= 15 is 0 Å². The number of hydrogen-bond acceptors (Lipinski definition) is 8. The van der Waals surface area contributed by atoms with Crippen molar-refractivity contribution in [2.75, 3.05) is 26.3 Å². The predicted molar refractivity (Wildman–Crippen MR) is 159 cm³/mol. The van der Waals surface area contributed by atoms with Gasteiger partial charge in [-0.3, -0.25) is 15.1 Å². The first-order chi connectivity index (χ1) is 20.4. The third-order valence-corrected chi connectivity index (χ3v) is 7.39. The van der Waals surface area contributed by atoms with E-state index in [4.69, 9.17) is 10.1 Å². The number of aryl methyl sites for hydroxylation is 1. The Hall–Kier alpha value is -4.93. The Morgan fingerprint density at radius 1 is 0.929 bits per heavy atom. The van der Waals surface area contributed by atoms with Gasteiger partial charge in [-0.2, -0.15) is 5.10 Å². The van der Waals surface area contributed by atoms with Crippen LogP contribution in [0.4, 0.5) is 0 Å². The fraction of sp³-hybridized carbons (Fsp3) is 0.219. The van der Waals surface area contributed by atoms with E-state index < -0.39 is 0 Å². The summed E-state index contributed by atoms with van der Waals surface area (Å²) in [6, 6.07) is 23.8. The lowest BCUT2D eigenvalue weighted by atomic mass is 9.99. The Labute approximate surface area is 243 Å². The minimum atomic E-state index is -0.228. The molecule has 212 valence electrons. The van der Waals surface area contributed by atoms with E-state index in [-0.39, 0.29) is 23.6 Å². The topological polar surface area (TPSA) is 122 Å². The Balaban J connectivity index is 1.18. The second-order valence-electron chi connectivity index (χ2n) is 10.4. The predicted octanol–water partition coefficient (Wildman–Crippen LogP) is 3.80. The van der Waals surface area contributed by atoms with Gasteiger partial charge in [-0.05, 0) is 72.1 Å². The minimum Gasteiger partial charge on any atom is -0.508 e. The first-order valence-corrected chi connectivity index (χ1v) is 13.8. The van der Waals surface area contributed by atoms with E-state index in [2.05, 4.69) is 32.4 Å². The van der Waals surface area contributed by atoms with Gasteiger partial charge in [-0.15, -0.1) is 5.10 Å². The standard InChI is InChI=1S/C32H31N7O3/c1-22-2-3-24(20-39-31(41)13-12-29(35-39)25-6-10-27(40)11-7-25)18-28(22)32(33)30-21-38(36-34-30)26-8-4-23(5-9-26)19-37-14-16-42-17-15-37/h2-13,18,21,33,40H,14-17,19-20H2,1H3. The van der Waals surface area contributed by atoms with Gasteiger partial charge in [0, 0.05) is 36.8 Å². The number of nitrogens with one attached hydrogen (secondary N) is 1. The van der Waals surface area contributed by atoms with Crippen molar-refractivity contribution in [3.05, 3.63) is 123 Å². The molecule has 0 saturated carbocycles. The molecular weight excluding hydrogens is 530 g/mol. The van der Waals surface area contributed by atoms with Crippen molar-refractivity contribution < 1.29 is 9.84 Å². The summed E-state index contributed by atoms with van der Waals surface area (Å²) in [7, 11) is 0. The maximum atomic E-state index is 12.6. The van der Waals surface area contributed by atoms with Gasteiger partial charge in [-0.1, -0.05) is 29.5 Å². The smallest absolute Gasteiger partial charge is 0.267 e. The molecule has 1 saturated heterocycles. The summed E-state index contributed by atoms with van der Waals surface area (Å²) in [6.07, 6.45) is 1.76. The summed E-state index contributed by atoms with van der Waals surface area (Å²) in [6.45, 7) is 6.51. The van der Waals surface area contributed by atoms with Gasteiger partial charge in [0.1, 0.15) is 11.4 Å². The highest BCUT2D eigenvalue weighted by atomic mass is 16.5. The first kappa shape index (κ1) is 27.3. The van der Waals surface area contributed by atoms with Gasteiger partial charge < -0.3 is 9.84 Å². The Morgan fingerprint density at radius 3 is 2.43 bits per heavy atom. The molecule has 5 aromatic rings. The highest BCUT2D eigenvalue weighted by Gasteiger charge is 2.15.